The van der Waals surface area contributed by atoms with E-state index >= 15 is 0 Å². The van der Waals surface area contributed by atoms with Crippen molar-refractivity contribution in [2.75, 3.05) is 29.9 Å². The number of fused-ring (bicyclic) bond motifs is 1. The molecule has 9 nitrogen and oxygen atoms in total. The van der Waals surface area contributed by atoms with E-state index in [1.807, 2.05) is 11.0 Å². The molecule has 0 radical (unpaired) electrons. The predicted octanol–water partition coefficient (Wildman–Crippen LogP) is 4.86. The second-order valence-corrected chi connectivity index (χ2v) is 9.56. The van der Waals surface area contributed by atoms with Crippen molar-refractivity contribution in [1.29, 1.82) is 5.26 Å². The summed E-state index contributed by atoms with van der Waals surface area (Å²) in [5, 5.41) is 24.4. The molecule has 1 saturated heterocycles. The van der Waals surface area contributed by atoms with Crippen LogP contribution in [0.15, 0.2) is 23.8 Å². The molecule has 2 aliphatic rings. The number of nitriles is 1. The van der Waals surface area contributed by atoms with Crippen LogP contribution in [0.3, 0.4) is 0 Å². The third kappa shape index (κ3) is 5.20. The molecule has 4 rings (SSSR count). The number of amides is 1. The van der Waals surface area contributed by atoms with Crippen LogP contribution in [0.4, 0.5) is 16.4 Å². The molecule has 1 fully saturated rings. The molecular formula is C25H26N4O5S. The number of carbonyl (C=O) groups excluding carboxylic acids is 2. The van der Waals surface area contributed by atoms with E-state index in [0.717, 1.165) is 62.1 Å². The number of nitrogens with one attached hydrogen (secondary N) is 1. The Morgan fingerprint density at radius 3 is 2.69 bits per heavy atom. The molecule has 182 valence electrons. The standard InChI is InChI=1S/C25H26N4O5S/c1-2-34-25(31)22-18-7-3-4-8-21(18)35-24(22)27-23(30)17(15-26)13-16-9-10-19(20(14-16)29(32)33)28-11-5-6-12-28/h9-10,13-14H,2-8,11-12H2,1H3,(H,27,30)/b17-13-. The Hall–Kier alpha value is -3.71. The summed E-state index contributed by atoms with van der Waals surface area (Å²) in [5.41, 5.74) is 1.91. The van der Waals surface area contributed by atoms with E-state index in [1.165, 1.54) is 23.5 Å². The molecule has 2 aromatic rings. The fourth-order valence-corrected chi connectivity index (χ4v) is 5.83. The number of hydrogen-bond donors (Lipinski definition) is 1. The minimum absolute atomic E-state index is 0.0612. The highest BCUT2D eigenvalue weighted by atomic mass is 32.1. The van der Waals surface area contributed by atoms with Gasteiger partial charge in [0.25, 0.3) is 11.6 Å². The molecule has 1 aliphatic heterocycles. The van der Waals surface area contributed by atoms with Crippen LogP contribution < -0.4 is 10.2 Å². The van der Waals surface area contributed by atoms with E-state index in [2.05, 4.69) is 5.32 Å². The number of nitro groups is 1. The highest BCUT2D eigenvalue weighted by Gasteiger charge is 2.28. The van der Waals surface area contributed by atoms with Gasteiger partial charge in [-0.3, -0.25) is 14.9 Å². The fourth-order valence-electron chi connectivity index (χ4n) is 4.56. The van der Waals surface area contributed by atoms with Crippen molar-refractivity contribution in [3.63, 3.8) is 0 Å². The zero-order chi connectivity index (χ0) is 24.9. The van der Waals surface area contributed by atoms with Crippen LogP contribution >= 0.6 is 11.3 Å². The lowest BCUT2D eigenvalue weighted by molar-refractivity contribution is -0.384. The lowest BCUT2D eigenvalue weighted by Gasteiger charge is -2.17. The lowest BCUT2D eigenvalue weighted by Crippen LogP contribution is -2.19. The van der Waals surface area contributed by atoms with Crippen LogP contribution in [0.2, 0.25) is 0 Å². The van der Waals surface area contributed by atoms with Crippen molar-refractivity contribution in [2.45, 2.75) is 45.4 Å². The number of nitro benzene ring substituents is 1. The summed E-state index contributed by atoms with van der Waals surface area (Å²) in [5.74, 6) is -1.17. The maximum absolute atomic E-state index is 13.0. The number of ether oxygens (including phenoxy) is 1. The molecule has 1 aromatic heterocycles. The van der Waals surface area contributed by atoms with E-state index in [-0.39, 0.29) is 17.9 Å². The number of nitrogens with zero attached hydrogens (tertiary/aromatic N) is 3. The molecule has 0 bridgehead atoms. The number of thiophene rings is 1. The smallest absolute Gasteiger partial charge is 0.341 e. The molecule has 1 N–H and O–H groups in total. The number of anilines is 2. The number of carbonyl (C=O) groups is 2. The van der Waals surface area contributed by atoms with Crippen molar-refractivity contribution in [3.05, 3.63) is 55.5 Å². The Labute approximate surface area is 207 Å². The minimum Gasteiger partial charge on any atom is -0.462 e. The van der Waals surface area contributed by atoms with E-state index in [4.69, 9.17) is 4.74 Å². The molecule has 2 heterocycles. The Balaban J connectivity index is 1.62. The molecule has 0 unspecified atom stereocenters. The Kier molecular flexibility index (Phi) is 7.46. The third-order valence-electron chi connectivity index (χ3n) is 6.20. The second kappa shape index (κ2) is 10.7. The van der Waals surface area contributed by atoms with Gasteiger partial charge >= 0.3 is 5.97 Å². The Morgan fingerprint density at radius 2 is 2.00 bits per heavy atom. The van der Waals surface area contributed by atoms with E-state index in [0.29, 0.717) is 21.8 Å². The third-order valence-corrected chi connectivity index (χ3v) is 7.40. The van der Waals surface area contributed by atoms with Gasteiger partial charge < -0.3 is 15.0 Å². The molecule has 0 saturated carbocycles. The van der Waals surface area contributed by atoms with Crippen molar-refractivity contribution in [1.82, 2.24) is 0 Å². The predicted molar refractivity (Wildman–Crippen MR) is 134 cm³/mol. The van der Waals surface area contributed by atoms with Crippen LogP contribution in [-0.4, -0.2) is 36.5 Å². The van der Waals surface area contributed by atoms with Crippen molar-refractivity contribution >= 4 is 45.7 Å². The van der Waals surface area contributed by atoms with Crippen LogP contribution in [0, 0.1) is 21.4 Å². The second-order valence-electron chi connectivity index (χ2n) is 8.46. The van der Waals surface area contributed by atoms with Crippen LogP contribution in [0.5, 0.6) is 0 Å². The van der Waals surface area contributed by atoms with Gasteiger partial charge in [-0.1, -0.05) is 6.07 Å². The zero-order valence-corrected chi connectivity index (χ0v) is 20.3. The first-order valence-electron chi connectivity index (χ1n) is 11.7. The monoisotopic (exact) mass is 494 g/mol. The van der Waals surface area contributed by atoms with Gasteiger partial charge in [0.2, 0.25) is 0 Å². The molecule has 1 amide bonds. The number of rotatable bonds is 7. The van der Waals surface area contributed by atoms with Crippen LogP contribution in [0.1, 0.15) is 59.0 Å². The average Bonchev–Trinajstić information content (AvgIpc) is 3.50. The van der Waals surface area contributed by atoms with Gasteiger partial charge in [-0.15, -0.1) is 11.3 Å². The first-order chi connectivity index (χ1) is 16.9. The quantitative estimate of drug-likeness (QED) is 0.192. The van der Waals surface area contributed by atoms with E-state index < -0.39 is 16.8 Å². The Bertz CT molecular complexity index is 1240. The fraction of sp³-hybridized carbons (Fsp3) is 0.400. The lowest BCUT2D eigenvalue weighted by atomic mass is 9.95. The highest BCUT2D eigenvalue weighted by molar-refractivity contribution is 7.17. The normalized spacial score (nSPS) is 15.3. The summed E-state index contributed by atoms with van der Waals surface area (Å²) in [6, 6.07) is 6.59. The maximum Gasteiger partial charge on any atom is 0.341 e. The molecule has 1 aliphatic carbocycles. The summed E-state index contributed by atoms with van der Waals surface area (Å²) in [6.07, 6.45) is 6.83. The first-order valence-corrected chi connectivity index (χ1v) is 12.5. The van der Waals surface area contributed by atoms with E-state index in [9.17, 15) is 25.0 Å². The molecule has 0 spiro atoms. The van der Waals surface area contributed by atoms with Gasteiger partial charge in [0, 0.05) is 24.0 Å². The zero-order valence-electron chi connectivity index (χ0n) is 19.5. The van der Waals surface area contributed by atoms with Crippen molar-refractivity contribution in [3.8, 4) is 6.07 Å². The average molecular weight is 495 g/mol. The van der Waals surface area contributed by atoms with Gasteiger partial charge in [0.05, 0.1) is 17.1 Å². The summed E-state index contributed by atoms with van der Waals surface area (Å²) in [7, 11) is 0. The number of esters is 1. The largest absolute Gasteiger partial charge is 0.462 e. The summed E-state index contributed by atoms with van der Waals surface area (Å²) in [4.78, 5) is 39.9. The Morgan fingerprint density at radius 1 is 1.26 bits per heavy atom. The number of hydrogen-bond acceptors (Lipinski definition) is 8. The van der Waals surface area contributed by atoms with Crippen molar-refractivity contribution < 1.29 is 19.2 Å². The van der Waals surface area contributed by atoms with Crippen LogP contribution in [-0.2, 0) is 22.4 Å². The first kappa shape index (κ1) is 24.4. The number of aryl methyl sites for hydroxylation is 1. The molecule has 10 heteroatoms. The SMILES string of the molecule is CCOC(=O)c1c(NC(=O)/C(C#N)=C\c2ccc(N3CCCC3)c([N+](=O)[O-])c2)sc2c1CCCC2. The maximum atomic E-state index is 13.0. The summed E-state index contributed by atoms with van der Waals surface area (Å²) >= 11 is 1.34. The van der Waals surface area contributed by atoms with Crippen molar-refractivity contribution in [2.24, 2.45) is 0 Å². The van der Waals surface area contributed by atoms with Gasteiger partial charge in [-0.05, 0) is 68.7 Å². The summed E-state index contributed by atoms with van der Waals surface area (Å²) in [6.45, 7) is 3.46. The van der Waals surface area contributed by atoms with Gasteiger partial charge in [-0.2, -0.15) is 5.26 Å². The summed E-state index contributed by atoms with van der Waals surface area (Å²) < 4.78 is 5.21. The molecule has 0 atom stereocenters. The highest BCUT2D eigenvalue weighted by Crippen LogP contribution is 2.39. The van der Waals surface area contributed by atoms with Gasteiger partial charge in [0.15, 0.2) is 0 Å². The topological polar surface area (TPSA) is 126 Å². The molecule has 35 heavy (non-hydrogen) atoms. The molecular weight excluding hydrogens is 468 g/mol. The number of benzene rings is 1. The van der Waals surface area contributed by atoms with Crippen LogP contribution in [0.25, 0.3) is 6.08 Å². The van der Waals surface area contributed by atoms with E-state index in [1.54, 1.807) is 19.1 Å². The minimum atomic E-state index is -0.678. The molecule has 1 aromatic carbocycles. The van der Waals surface area contributed by atoms with Gasteiger partial charge in [-0.25, -0.2) is 4.79 Å². The van der Waals surface area contributed by atoms with Gasteiger partial charge in [0.1, 0.15) is 22.3 Å².